The average molecular weight is 301 g/mol. The van der Waals surface area contributed by atoms with Crippen molar-refractivity contribution in [3.05, 3.63) is 10.8 Å². The quantitative estimate of drug-likeness (QED) is 0.792. The van der Waals surface area contributed by atoms with Gasteiger partial charge in [0.05, 0.1) is 6.10 Å². The van der Waals surface area contributed by atoms with Gasteiger partial charge in [-0.3, -0.25) is 0 Å². The fourth-order valence-electron chi connectivity index (χ4n) is 2.15. The molecule has 3 N–H and O–H groups in total. The van der Waals surface area contributed by atoms with Gasteiger partial charge in [0, 0.05) is 19.5 Å². The van der Waals surface area contributed by atoms with E-state index in [0.717, 1.165) is 41.9 Å². The van der Waals surface area contributed by atoms with Crippen molar-refractivity contribution in [2.75, 3.05) is 24.2 Å². The fraction of sp³-hybridized carbons (Fsp3) is 0.636. The highest BCUT2D eigenvalue weighted by Gasteiger charge is 2.25. The number of hydrogen-bond acceptors (Lipinski definition) is 5. The number of halogens is 1. The minimum absolute atomic E-state index is 0.174. The Morgan fingerprint density at radius 1 is 1.41 bits per heavy atom. The lowest BCUT2D eigenvalue weighted by atomic mass is 10.1. The maximum atomic E-state index is 9.74. The Hall–Kier alpha value is -0.880. The summed E-state index contributed by atoms with van der Waals surface area (Å²) in [6.07, 6.45) is 4.45. The van der Waals surface area contributed by atoms with Gasteiger partial charge in [-0.1, -0.05) is 6.42 Å². The molecule has 1 heterocycles. The molecule has 0 amide bonds. The summed E-state index contributed by atoms with van der Waals surface area (Å²) in [5, 5.41) is 16.0. The van der Waals surface area contributed by atoms with Crippen molar-refractivity contribution >= 4 is 27.6 Å². The van der Waals surface area contributed by atoms with Crippen molar-refractivity contribution in [1.82, 2.24) is 9.97 Å². The lowest BCUT2D eigenvalue weighted by Gasteiger charge is -2.16. The normalized spacial score (nSPS) is 23.7. The molecular formula is C11H17BrN4O. The average Bonchev–Trinajstić information content (AvgIpc) is 2.74. The number of hydrogen-bond donors (Lipinski definition) is 3. The molecule has 6 heteroatoms. The van der Waals surface area contributed by atoms with Crippen LogP contribution in [-0.2, 0) is 0 Å². The molecule has 0 bridgehead atoms. The van der Waals surface area contributed by atoms with E-state index in [1.807, 2.05) is 7.05 Å². The number of aliphatic hydroxyl groups excluding tert-OH is 1. The molecular weight excluding hydrogens is 284 g/mol. The number of nitrogens with zero attached hydrogens (tertiary/aromatic N) is 2. The van der Waals surface area contributed by atoms with E-state index >= 15 is 0 Å². The standard InChI is InChI=1S/C11H17BrN4O/c1-13-10-9(12)11(16-6-15-10)14-5-7-3-2-4-8(7)17/h6-8,17H,2-5H2,1H3,(H2,13,14,15,16). The lowest BCUT2D eigenvalue weighted by molar-refractivity contribution is 0.138. The molecule has 0 aliphatic heterocycles. The Morgan fingerprint density at radius 2 is 2.18 bits per heavy atom. The van der Waals surface area contributed by atoms with E-state index in [4.69, 9.17) is 0 Å². The third kappa shape index (κ3) is 2.87. The highest BCUT2D eigenvalue weighted by Crippen LogP contribution is 2.29. The van der Waals surface area contributed by atoms with E-state index < -0.39 is 0 Å². The first-order valence-corrected chi connectivity index (χ1v) is 6.62. The summed E-state index contributed by atoms with van der Waals surface area (Å²) < 4.78 is 0.829. The number of anilines is 2. The minimum atomic E-state index is -0.174. The van der Waals surface area contributed by atoms with Gasteiger partial charge in [-0.15, -0.1) is 0 Å². The number of aromatic nitrogens is 2. The zero-order chi connectivity index (χ0) is 12.3. The SMILES string of the molecule is CNc1ncnc(NCC2CCCC2O)c1Br. The summed E-state index contributed by atoms with van der Waals surface area (Å²) in [5.41, 5.74) is 0. The van der Waals surface area contributed by atoms with Crippen LogP contribution in [0.25, 0.3) is 0 Å². The Labute approximate surface area is 109 Å². The molecule has 2 rings (SSSR count). The monoisotopic (exact) mass is 300 g/mol. The molecule has 1 aromatic heterocycles. The number of rotatable bonds is 4. The molecule has 1 aliphatic rings. The van der Waals surface area contributed by atoms with Crippen molar-refractivity contribution in [3.8, 4) is 0 Å². The molecule has 1 aromatic rings. The van der Waals surface area contributed by atoms with Crippen molar-refractivity contribution in [2.45, 2.75) is 25.4 Å². The van der Waals surface area contributed by atoms with Gasteiger partial charge in [-0.25, -0.2) is 9.97 Å². The Kier molecular flexibility index (Phi) is 4.17. The number of aliphatic hydroxyl groups is 1. The molecule has 2 atom stereocenters. The van der Waals surface area contributed by atoms with Crippen molar-refractivity contribution in [3.63, 3.8) is 0 Å². The number of nitrogens with one attached hydrogen (secondary N) is 2. The molecule has 5 nitrogen and oxygen atoms in total. The summed E-state index contributed by atoms with van der Waals surface area (Å²) in [6, 6.07) is 0. The predicted molar refractivity (Wildman–Crippen MR) is 71.1 cm³/mol. The third-order valence-corrected chi connectivity index (χ3v) is 3.93. The summed E-state index contributed by atoms with van der Waals surface area (Å²) in [4.78, 5) is 8.28. The molecule has 0 radical (unpaired) electrons. The second-order valence-electron chi connectivity index (χ2n) is 4.27. The van der Waals surface area contributed by atoms with Crippen LogP contribution >= 0.6 is 15.9 Å². The van der Waals surface area contributed by atoms with Crippen molar-refractivity contribution < 1.29 is 5.11 Å². The zero-order valence-corrected chi connectivity index (χ0v) is 11.4. The molecule has 94 valence electrons. The van der Waals surface area contributed by atoms with Crippen molar-refractivity contribution in [2.24, 2.45) is 5.92 Å². The third-order valence-electron chi connectivity index (χ3n) is 3.18. The van der Waals surface area contributed by atoms with Crippen LogP contribution in [0.4, 0.5) is 11.6 Å². The van der Waals surface area contributed by atoms with Gasteiger partial charge in [0.15, 0.2) is 0 Å². The van der Waals surface area contributed by atoms with Crippen LogP contribution in [0.3, 0.4) is 0 Å². The summed E-state index contributed by atoms with van der Waals surface area (Å²) in [5.74, 6) is 1.85. The predicted octanol–water partition coefficient (Wildman–Crippen LogP) is 1.85. The molecule has 0 spiro atoms. The molecule has 0 aromatic carbocycles. The van der Waals surface area contributed by atoms with Gasteiger partial charge >= 0.3 is 0 Å². The van der Waals surface area contributed by atoms with Gasteiger partial charge in [-0.05, 0) is 28.8 Å². The Bertz CT molecular complexity index is 388. The van der Waals surface area contributed by atoms with E-state index in [1.54, 1.807) is 0 Å². The van der Waals surface area contributed by atoms with Crippen LogP contribution in [-0.4, -0.2) is 34.8 Å². The topological polar surface area (TPSA) is 70.1 Å². The first-order chi connectivity index (χ1) is 8.22. The molecule has 17 heavy (non-hydrogen) atoms. The van der Waals surface area contributed by atoms with Gasteiger partial charge < -0.3 is 15.7 Å². The van der Waals surface area contributed by atoms with E-state index in [1.165, 1.54) is 6.33 Å². The maximum absolute atomic E-state index is 9.74. The van der Waals surface area contributed by atoms with Crippen molar-refractivity contribution in [1.29, 1.82) is 0 Å². The van der Waals surface area contributed by atoms with Gasteiger partial charge in [0.1, 0.15) is 22.4 Å². The second kappa shape index (κ2) is 5.64. The zero-order valence-electron chi connectivity index (χ0n) is 9.78. The van der Waals surface area contributed by atoms with E-state index in [-0.39, 0.29) is 6.10 Å². The summed E-state index contributed by atoms with van der Waals surface area (Å²) in [6.45, 7) is 0.750. The van der Waals surface area contributed by atoms with Gasteiger partial charge in [0.25, 0.3) is 0 Å². The Balaban J connectivity index is 1.99. The van der Waals surface area contributed by atoms with Crippen LogP contribution in [0.1, 0.15) is 19.3 Å². The van der Waals surface area contributed by atoms with Gasteiger partial charge in [0.2, 0.25) is 0 Å². The molecule has 1 saturated carbocycles. The molecule has 2 unspecified atom stereocenters. The van der Waals surface area contributed by atoms with Crippen LogP contribution < -0.4 is 10.6 Å². The summed E-state index contributed by atoms with van der Waals surface area (Å²) >= 11 is 3.45. The van der Waals surface area contributed by atoms with Crippen LogP contribution in [0, 0.1) is 5.92 Å². The second-order valence-corrected chi connectivity index (χ2v) is 5.07. The first-order valence-electron chi connectivity index (χ1n) is 5.82. The maximum Gasteiger partial charge on any atom is 0.145 e. The summed E-state index contributed by atoms with van der Waals surface area (Å²) in [7, 11) is 1.82. The van der Waals surface area contributed by atoms with Crippen LogP contribution in [0.2, 0.25) is 0 Å². The smallest absolute Gasteiger partial charge is 0.145 e. The van der Waals surface area contributed by atoms with Gasteiger partial charge in [-0.2, -0.15) is 0 Å². The van der Waals surface area contributed by atoms with E-state index in [9.17, 15) is 5.11 Å². The molecule has 1 fully saturated rings. The lowest BCUT2D eigenvalue weighted by Crippen LogP contribution is -2.22. The molecule has 0 saturated heterocycles. The Morgan fingerprint density at radius 3 is 2.82 bits per heavy atom. The first kappa shape index (κ1) is 12.6. The highest BCUT2D eigenvalue weighted by molar-refractivity contribution is 9.10. The largest absolute Gasteiger partial charge is 0.393 e. The minimum Gasteiger partial charge on any atom is -0.393 e. The van der Waals surface area contributed by atoms with E-state index in [0.29, 0.717) is 5.92 Å². The van der Waals surface area contributed by atoms with Crippen LogP contribution in [0.15, 0.2) is 10.8 Å². The molecule has 1 aliphatic carbocycles. The van der Waals surface area contributed by atoms with Crippen LogP contribution in [0.5, 0.6) is 0 Å². The highest BCUT2D eigenvalue weighted by atomic mass is 79.9. The van der Waals surface area contributed by atoms with E-state index in [2.05, 4.69) is 36.5 Å². The fourth-order valence-corrected chi connectivity index (χ4v) is 2.69.